The van der Waals surface area contributed by atoms with Gasteiger partial charge in [0.25, 0.3) is 0 Å². The zero-order chi connectivity index (χ0) is 103. The van der Waals surface area contributed by atoms with Crippen molar-refractivity contribution in [3.8, 4) is 17.1 Å². The number of hydrogen-bond acceptors (Lipinski definition) is 31. The second-order valence-electron chi connectivity index (χ2n) is 33.3. The predicted octanol–water partition coefficient (Wildman–Crippen LogP) is 15.8. The molecule has 0 radical (unpaired) electrons. The summed E-state index contributed by atoms with van der Waals surface area (Å²) in [7, 11) is 6.47. The van der Waals surface area contributed by atoms with E-state index in [1.807, 2.05) is 177 Å². The summed E-state index contributed by atoms with van der Waals surface area (Å²) in [6.07, 6.45) is 39.0. The fraction of sp³-hybridized carbons (Fsp3) is 0.299. The van der Waals surface area contributed by atoms with Crippen LogP contribution in [-0.4, -0.2) is 204 Å². The molecule has 1 saturated heterocycles. The number of methoxy groups -OCH3 is 1. The number of carbonyl (C=O) groups is 1. The van der Waals surface area contributed by atoms with Crippen LogP contribution in [0.3, 0.4) is 0 Å². The van der Waals surface area contributed by atoms with Crippen LogP contribution in [0.2, 0.25) is 5.02 Å². The molecule has 146 heavy (non-hydrogen) atoms. The van der Waals surface area contributed by atoms with Gasteiger partial charge < -0.3 is 73.4 Å². The number of anilines is 9. The number of urea groups is 1. The average molecular weight is 2410 g/mol. The summed E-state index contributed by atoms with van der Waals surface area (Å²) in [5, 5.41) is 77.4. The van der Waals surface area contributed by atoms with E-state index in [9.17, 15) is 15.0 Å². The molecule has 0 spiro atoms. The van der Waals surface area contributed by atoms with Gasteiger partial charge in [-0.1, -0.05) is 68.6 Å². The molecule has 2 fully saturated rings. The monoisotopic (exact) mass is 2400 g/mol. The van der Waals surface area contributed by atoms with Crippen LogP contribution in [0, 0.1) is 5.92 Å². The maximum Gasteiger partial charge on any atom is 0.314 e. The minimum atomic E-state index is -0.354. The van der Waals surface area contributed by atoms with Crippen molar-refractivity contribution in [1.29, 1.82) is 0 Å². The number of nitrogens with zero attached hydrogens (tertiary/aromatic N) is 24. The maximum absolute atomic E-state index is 11.5. The fourth-order valence-electron chi connectivity index (χ4n) is 15.3. The number of piperidine rings is 1. The number of primary amides is 1. The van der Waals surface area contributed by atoms with E-state index in [-0.39, 0.29) is 31.3 Å². The van der Waals surface area contributed by atoms with Gasteiger partial charge in [-0.05, 0) is 194 Å². The Morgan fingerprint density at radius 3 is 1.26 bits per heavy atom. The second kappa shape index (κ2) is 52.7. The molecular weight excluding hydrogens is 2300 g/mol. The first-order valence-electron chi connectivity index (χ1n) is 46.6. The molecule has 1 unspecified atom stereocenters. The van der Waals surface area contributed by atoms with E-state index in [4.69, 9.17) is 41.6 Å². The van der Waals surface area contributed by atoms with E-state index in [1.54, 1.807) is 136 Å². The maximum atomic E-state index is 11.5. The van der Waals surface area contributed by atoms with Gasteiger partial charge in [0.2, 0.25) is 43.1 Å². The lowest BCUT2D eigenvalue weighted by atomic mass is 9.98. The number of hydrogen-bond donors (Lipinski definition) is 12. The molecule has 1 saturated carbocycles. The summed E-state index contributed by atoms with van der Waals surface area (Å²) in [6, 6.07) is 39.1. The molecule has 41 nitrogen and oxygen atoms in total. The Bertz CT molecular complexity index is 7100. The first kappa shape index (κ1) is 107. The molecule has 49 heteroatoms. The van der Waals surface area contributed by atoms with Crippen LogP contribution in [0.15, 0.2) is 252 Å². The van der Waals surface area contributed by atoms with Gasteiger partial charge in [-0.15, -0.1) is 11.8 Å². The summed E-state index contributed by atoms with van der Waals surface area (Å²) < 4.78 is 25.8. The number of fused-ring (bicyclic) bond motifs is 6. The van der Waals surface area contributed by atoms with Crippen LogP contribution in [0.4, 0.5) is 57.2 Å². The van der Waals surface area contributed by atoms with Crippen molar-refractivity contribution in [2.45, 2.75) is 121 Å². The largest absolute Gasteiger partial charge is 0.481 e. The molecule has 0 bridgehead atoms. The minimum absolute atomic E-state index is 0.0331. The van der Waals surface area contributed by atoms with Gasteiger partial charge in [-0.25, -0.2) is 29.7 Å². The number of benzene rings is 1. The third-order valence-corrected chi connectivity index (χ3v) is 27.1. The molecule has 2 aliphatic rings. The SMILES string of the molecule is CCC[C@@H](CO)Nc1cc(NCc2ccc[n+](OC)c2)n2ncc(Br)c2n1.CCC[C@H](CO)Nc1cc(NCc2ccc[n+](OC)c2)n2ncc(Br)c2n1.CO[n+]1cccc(CNc2cc(NC3CC3)nc3c(Br)cnn23)c1.COc1cc(NCc2cccnc2)n2ncc(Br)c2n1.CSc1cc(NCc2cccnc2)n2ncc(Br)c2n1.NC(=O)N1CCCC(CNc2cc(-c3ccccc3Cl)nc3c(Br)cnn23)C1. The summed E-state index contributed by atoms with van der Waals surface area (Å²) in [6.45, 7) is 9.59. The van der Waals surface area contributed by atoms with E-state index < -0.39 is 0 Å². The number of amides is 2. The van der Waals surface area contributed by atoms with Crippen LogP contribution in [0.5, 0.6) is 5.88 Å². The molecule has 17 aromatic heterocycles. The number of carbonyl (C=O) groups excluding carboxylic acids is 1. The molecule has 1 aliphatic heterocycles. The van der Waals surface area contributed by atoms with Crippen molar-refractivity contribution in [2.75, 3.05) is 115 Å². The molecule has 1 aliphatic carbocycles. The Morgan fingerprint density at radius 1 is 0.473 bits per heavy atom. The van der Waals surface area contributed by atoms with E-state index in [0.29, 0.717) is 103 Å². The van der Waals surface area contributed by atoms with E-state index in [2.05, 4.69) is 223 Å². The van der Waals surface area contributed by atoms with Crippen LogP contribution in [0.25, 0.3) is 45.1 Å². The van der Waals surface area contributed by atoms with E-state index in [0.717, 1.165) is 168 Å². The number of aliphatic hydroxyl groups excluding tert-OH is 2. The molecule has 18 heterocycles. The number of likely N-dealkylation sites (tertiary alicyclic amines) is 1. The van der Waals surface area contributed by atoms with Gasteiger partial charge in [0, 0.05) is 179 Å². The topological polar surface area (TPSA) is 451 Å². The van der Waals surface area contributed by atoms with Crippen LogP contribution in [-0.2, 0) is 32.7 Å². The highest BCUT2D eigenvalue weighted by Crippen LogP contribution is 2.35. The Balaban J connectivity index is 0.000000132. The molecule has 13 N–H and O–H groups in total. The number of aliphatic hydroxyl groups is 2. The third kappa shape index (κ3) is 28.8. The Labute approximate surface area is 900 Å². The fourth-order valence-corrected chi connectivity index (χ4v) is 18.1. The van der Waals surface area contributed by atoms with Crippen molar-refractivity contribution in [3.05, 3.63) is 280 Å². The summed E-state index contributed by atoms with van der Waals surface area (Å²) in [4.78, 5) is 64.4. The van der Waals surface area contributed by atoms with Gasteiger partial charge >= 0.3 is 6.03 Å². The van der Waals surface area contributed by atoms with Crippen molar-refractivity contribution in [1.82, 2.24) is 102 Å². The zero-order valence-corrected chi connectivity index (χ0v) is 91.7. The van der Waals surface area contributed by atoms with Gasteiger partial charge in [-0.2, -0.15) is 62.7 Å². The quantitative estimate of drug-likeness (QED) is 0.00985. The van der Waals surface area contributed by atoms with Crippen molar-refractivity contribution < 1.29 is 48.4 Å². The summed E-state index contributed by atoms with van der Waals surface area (Å²) in [5.74, 6) is 8.15. The molecule has 762 valence electrons. The third-order valence-electron chi connectivity index (χ3n) is 22.8. The lowest BCUT2D eigenvalue weighted by Crippen LogP contribution is -2.44. The number of rotatable bonds is 36. The van der Waals surface area contributed by atoms with Crippen molar-refractivity contribution in [2.24, 2.45) is 11.7 Å². The number of pyridine rings is 5. The zero-order valence-electron chi connectivity index (χ0n) is 80.6. The highest BCUT2D eigenvalue weighted by Gasteiger charge is 2.27. The van der Waals surface area contributed by atoms with Gasteiger partial charge in [-0.3, -0.25) is 24.5 Å². The minimum Gasteiger partial charge on any atom is -0.481 e. The number of nitrogens with two attached hydrogens (primary N) is 1. The number of halogens is 7. The highest BCUT2D eigenvalue weighted by molar-refractivity contribution is 9.11. The molecule has 20 rings (SSSR count). The van der Waals surface area contributed by atoms with Crippen LogP contribution < -0.4 is 87.0 Å². The molecule has 3 atom stereocenters. The Morgan fingerprint density at radius 2 is 0.863 bits per heavy atom. The Hall–Kier alpha value is -13.2. The number of ether oxygens (including phenoxy) is 1. The predicted molar refractivity (Wildman–Crippen MR) is 583 cm³/mol. The average Bonchev–Trinajstić information content (AvgIpc) is 1.57. The summed E-state index contributed by atoms with van der Waals surface area (Å²) in [5.41, 5.74) is 16.9. The normalized spacial score (nSPS) is 13.0. The Kier molecular flexibility index (Phi) is 38.7. The molecule has 18 aromatic rings. The van der Waals surface area contributed by atoms with Crippen LogP contribution >= 0.6 is 119 Å². The molecule has 2 amide bonds. The second-order valence-corrected chi connectivity index (χ2v) is 39.7. The number of nitrogens with one attached hydrogen (secondary N) is 9. The molecular formula is C97H110Br6ClN34O7S+3. The first-order chi connectivity index (χ1) is 71.1. The van der Waals surface area contributed by atoms with Gasteiger partial charge in [0.15, 0.2) is 33.9 Å². The highest BCUT2D eigenvalue weighted by atomic mass is 79.9. The molecule has 1 aromatic carbocycles. The van der Waals surface area contributed by atoms with Crippen molar-refractivity contribution in [3.63, 3.8) is 0 Å². The van der Waals surface area contributed by atoms with Gasteiger partial charge in [0.1, 0.15) is 78.7 Å². The summed E-state index contributed by atoms with van der Waals surface area (Å²) >= 11 is 28.9. The lowest BCUT2D eigenvalue weighted by Gasteiger charge is -2.31. The smallest absolute Gasteiger partial charge is 0.314 e. The van der Waals surface area contributed by atoms with E-state index >= 15 is 0 Å². The standard InChI is InChI=1S/C19H20BrClN6O.2C18H24BrN6O2.C16H18BrN6O.C13H12BrN5O.C13H12BrN5S/c20-14-10-24-27-17(23-9-12-4-3-7-26(11-12)19(22)28)8-16(25-18(14)27)13-5-1-2-6-15(13)21;2*1-3-5-14(12-26)22-16-8-17(25-18(23-16)15(19)10-21-25)20-9-13-6-4-7-24(11-13)27-2;1-24-22-6-2-3-11(10-22)8-18-15-7-14(20-12-4-5-12)21-16-13(17)9-19-23(15)16;2*1-20-12-5-11(16-7-9-3-2-4-15-6-9)19-13(18-12)10(14)8-17-19/h1-2,5-6,8,10,12,23H,3-4,7,9,11H2,(H2,22,28);2*4,6-8,10-11,14,20,26H,3,5,9,12H2,1-2H3,(H,22,23);2-3,6-7,9-10,12,18H,4-5,8H2,1H3,(H,20,21);2*2-6,8,16H,7H2,1H3/q;3*+1;;/t;2*14-;;;/m.10.../s1. The lowest BCUT2D eigenvalue weighted by molar-refractivity contribution is -0.885. The number of thioether (sulfide) groups is 1. The van der Waals surface area contributed by atoms with Crippen molar-refractivity contribution >= 4 is 211 Å². The van der Waals surface area contributed by atoms with Gasteiger partial charge in [0.05, 0.1) is 102 Å². The van der Waals surface area contributed by atoms with Crippen LogP contribution in [0.1, 0.15) is 93.0 Å². The first-order valence-corrected chi connectivity index (χ1v) is 52.9. The number of aromatic nitrogens is 23. The van der Waals surface area contributed by atoms with E-state index in [1.165, 1.54) is 12.8 Å².